The van der Waals surface area contributed by atoms with Gasteiger partial charge in [-0.15, -0.1) is 0 Å². The van der Waals surface area contributed by atoms with Crippen LogP contribution >= 0.6 is 0 Å². The SMILES string of the molecule is Cc1ccc(N(C)C2CC2)c(CCN)c1. The maximum absolute atomic E-state index is 5.65. The van der Waals surface area contributed by atoms with E-state index in [9.17, 15) is 0 Å². The molecular formula is C13H20N2. The summed E-state index contributed by atoms with van der Waals surface area (Å²) < 4.78 is 0. The fourth-order valence-electron chi connectivity index (χ4n) is 2.07. The van der Waals surface area contributed by atoms with Gasteiger partial charge in [0.15, 0.2) is 0 Å². The monoisotopic (exact) mass is 204 g/mol. The van der Waals surface area contributed by atoms with Crippen molar-refractivity contribution in [3.63, 3.8) is 0 Å². The molecular weight excluding hydrogens is 184 g/mol. The molecule has 0 bridgehead atoms. The van der Waals surface area contributed by atoms with Gasteiger partial charge in [0.1, 0.15) is 0 Å². The van der Waals surface area contributed by atoms with E-state index in [0.29, 0.717) is 0 Å². The standard InChI is InChI=1S/C13H20N2/c1-10-3-6-13(11(9-10)7-8-14)15(2)12-4-5-12/h3,6,9,12H,4-5,7-8,14H2,1-2H3. The maximum atomic E-state index is 5.65. The lowest BCUT2D eigenvalue weighted by Gasteiger charge is -2.22. The van der Waals surface area contributed by atoms with Crippen LogP contribution in [0.25, 0.3) is 0 Å². The molecule has 0 saturated heterocycles. The molecule has 2 heteroatoms. The quantitative estimate of drug-likeness (QED) is 0.813. The van der Waals surface area contributed by atoms with Gasteiger partial charge in [-0.05, 0) is 44.4 Å². The summed E-state index contributed by atoms with van der Waals surface area (Å²) in [5.41, 5.74) is 9.74. The smallest absolute Gasteiger partial charge is 0.0399 e. The van der Waals surface area contributed by atoms with Crippen LogP contribution in [0.3, 0.4) is 0 Å². The molecule has 1 aromatic rings. The average molecular weight is 204 g/mol. The first-order valence-corrected chi connectivity index (χ1v) is 5.75. The number of hydrogen-bond acceptors (Lipinski definition) is 2. The number of hydrogen-bond donors (Lipinski definition) is 1. The molecule has 15 heavy (non-hydrogen) atoms. The largest absolute Gasteiger partial charge is 0.371 e. The summed E-state index contributed by atoms with van der Waals surface area (Å²) >= 11 is 0. The highest BCUT2D eigenvalue weighted by molar-refractivity contribution is 5.56. The van der Waals surface area contributed by atoms with Gasteiger partial charge in [-0.1, -0.05) is 17.7 Å². The molecule has 0 spiro atoms. The van der Waals surface area contributed by atoms with Gasteiger partial charge in [0.2, 0.25) is 0 Å². The highest BCUT2D eigenvalue weighted by Gasteiger charge is 2.27. The molecule has 0 aliphatic heterocycles. The Bertz CT molecular complexity index is 342. The third kappa shape index (κ3) is 2.32. The van der Waals surface area contributed by atoms with Gasteiger partial charge in [0.05, 0.1) is 0 Å². The lowest BCUT2D eigenvalue weighted by molar-refractivity contribution is 0.887. The molecule has 0 amide bonds. The lowest BCUT2D eigenvalue weighted by Crippen LogP contribution is -2.21. The number of nitrogens with two attached hydrogens (primary N) is 1. The van der Waals surface area contributed by atoms with Gasteiger partial charge in [-0.25, -0.2) is 0 Å². The van der Waals surface area contributed by atoms with Crippen molar-refractivity contribution in [2.45, 2.75) is 32.2 Å². The zero-order valence-corrected chi connectivity index (χ0v) is 9.66. The minimum atomic E-state index is 0.731. The number of benzene rings is 1. The molecule has 0 heterocycles. The molecule has 82 valence electrons. The minimum Gasteiger partial charge on any atom is -0.371 e. The first-order chi connectivity index (χ1) is 7.22. The fraction of sp³-hybridized carbons (Fsp3) is 0.538. The van der Waals surface area contributed by atoms with Crippen LogP contribution in [0.15, 0.2) is 18.2 Å². The van der Waals surface area contributed by atoms with Gasteiger partial charge < -0.3 is 10.6 Å². The molecule has 1 fully saturated rings. The molecule has 2 nitrogen and oxygen atoms in total. The Morgan fingerprint density at radius 1 is 1.40 bits per heavy atom. The van der Waals surface area contributed by atoms with E-state index in [0.717, 1.165) is 19.0 Å². The number of aryl methyl sites for hydroxylation is 1. The van der Waals surface area contributed by atoms with Crippen LogP contribution in [0, 0.1) is 6.92 Å². The Morgan fingerprint density at radius 2 is 2.13 bits per heavy atom. The Balaban J connectivity index is 2.27. The van der Waals surface area contributed by atoms with E-state index in [-0.39, 0.29) is 0 Å². The van der Waals surface area contributed by atoms with Crippen molar-refractivity contribution in [3.8, 4) is 0 Å². The first kappa shape index (κ1) is 10.5. The first-order valence-electron chi connectivity index (χ1n) is 5.75. The van der Waals surface area contributed by atoms with Crippen molar-refractivity contribution >= 4 is 5.69 Å². The summed E-state index contributed by atoms with van der Waals surface area (Å²) in [6.07, 6.45) is 3.66. The van der Waals surface area contributed by atoms with E-state index < -0.39 is 0 Å². The highest BCUT2D eigenvalue weighted by Crippen LogP contribution is 2.32. The molecule has 0 radical (unpaired) electrons. The molecule has 2 N–H and O–H groups in total. The van der Waals surface area contributed by atoms with Crippen LogP contribution in [-0.4, -0.2) is 19.6 Å². The molecule has 0 aromatic heterocycles. The van der Waals surface area contributed by atoms with E-state index in [4.69, 9.17) is 5.73 Å². The van der Waals surface area contributed by atoms with Crippen molar-refractivity contribution in [1.82, 2.24) is 0 Å². The second kappa shape index (κ2) is 4.23. The predicted molar refractivity (Wildman–Crippen MR) is 65.4 cm³/mol. The molecule has 2 rings (SSSR count). The molecule has 1 aromatic carbocycles. The summed E-state index contributed by atoms with van der Waals surface area (Å²) in [6, 6.07) is 7.46. The fourth-order valence-corrected chi connectivity index (χ4v) is 2.07. The van der Waals surface area contributed by atoms with Gasteiger partial charge in [0, 0.05) is 18.8 Å². The molecule has 1 saturated carbocycles. The average Bonchev–Trinajstić information content (AvgIpc) is 3.01. The Labute approximate surface area is 92.1 Å². The summed E-state index contributed by atoms with van der Waals surface area (Å²) in [5.74, 6) is 0. The maximum Gasteiger partial charge on any atom is 0.0399 e. The van der Waals surface area contributed by atoms with Crippen molar-refractivity contribution in [2.75, 3.05) is 18.5 Å². The van der Waals surface area contributed by atoms with E-state index in [1.807, 2.05) is 0 Å². The van der Waals surface area contributed by atoms with Crippen LogP contribution in [0.4, 0.5) is 5.69 Å². The summed E-state index contributed by atoms with van der Waals surface area (Å²) in [5, 5.41) is 0. The van der Waals surface area contributed by atoms with Crippen LogP contribution < -0.4 is 10.6 Å². The van der Waals surface area contributed by atoms with Gasteiger partial charge in [0.25, 0.3) is 0 Å². The van der Waals surface area contributed by atoms with Crippen molar-refractivity contribution in [3.05, 3.63) is 29.3 Å². The summed E-state index contributed by atoms with van der Waals surface area (Å²) in [6.45, 7) is 2.87. The third-order valence-electron chi connectivity index (χ3n) is 3.12. The normalized spacial score (nSPS) is 15.4. The van der Waals surface area contributed by atoms with Crippen molar-refractivity contribution in [2.24, 2.45) is 5.73 Å². The van der Waals surface area contributed by atoms with E-state index in [2.05, 4.69) is 37.1 Å². The van der Waals surface area contributed by atoms with E-state index in [1.165, 1.54) is 29.7 Å². The van der Waals surface area contributed by atoms with E-state index >= 15 is 0 Å². The summed E-state index contributed by atoms with van der Waals surface area (Å²) in [7, 11) is 2.20. The zero-order valence-electron chi connectivity index (χ0n) is 9.66. The topological polar surface area (TPSA) is 29.3 Å². The number of rotatable bonds is 4. The highest BCUT2D eigenvalue weighted by atomic mass is 15.2. The molecule has 0 unspecified atom stereocenters. The van der Waals surface area contributed by atoms with Gasteiger partial charge >= 0.3 is 0 Å². The van der Waals surface area contributed by atoms with Crippen LogP contribution in [0.1, 0.15) is 24.0 Å². The predicted octanol–water partition coefficient (Wildman–Crippen LogP) is 2.09. The zero-order chi connectivity index (χ0) is 10.8. The van der Waals surface area contributed by atoms with Crippen molar-refractivity contribution in [1.29, 1.82) is 0 Å². The Kier molecular flexibility index (Phi) is 2.96. The second-order valence-corrected chi connectivity index (χ2v) is 4.51. The number of nitrogens with zero attached hydrogens (tertiary/aromatic N) is 1. The third-order valence-corrected chi connectivity index (χ3v) is 3.12. The van der Waals surface area contributed by atoms with Crippen LogP contribution in [0.2, 0.25) is 0 Å². The number of anilines is 1. The van der Waals surface area contributed by atoms with Crippen LogP contribution in [-0.2, 0) is 6.42 Å². The van der Waals surface area contributed by atoms with Crippen LogP contribution in [0.5, 0.6) is 0 Å². The lowest BCUT2D eigenvalue weighted by atomic mass is 10.1. The minimum absolute atomic E-state index is 0.731. The molecule has 1 aliphatic rings. The van der Waals surface area contributed by atoms with Crippen molar-refractivity contribution < 1.29 is 0 Å². The van der Waals surface area contributed by atoms with Gasteiger partial charge in [-0.3, -0.25) is 0 Å². The van der Waals surface area contributed by atoms with E-state index in [1.54, 1.807) is 0 Å². The van der Waals surface area contributed by atoms with Gasteiger partial charge in [-0.2, -0.15) is 0 Å². The Morgan fingerprint density at radius 3 is 2.73 bits per heavy atom. The second-order valence-electron chi connectivity index (χ2n) is 4.51. The Hall–Kier alpha value is -1.02. The molecule has 0 atom stereocenters. The summed E-state index contributed by atoms with van der Waals surface area (Å²) in [4.78, 5) is 2.41. The molecule has 1 aliphatic carbocycles.